The first-order chi connectivity index (χ1) is 16.0. The lowest BCUT2D eigenvalue weighted by Gasteiger charge is -2.09. The van der Waals surface area contributed by atoms with Crippen molar-refractivity contribution in [1.82, 2.24) is 5.32 Å². The molecule has 1 saturated heterocycles. The number of carbonyl (C=O) groups excluding carboxylic acids is 1. The molecule has 5 nitrogen and oxygen atoms in total. The number of hydrogen-bond acceptors (Lipinski definition) is 5. The third-order valence-electron chi connectivity index (χ3n) is 4.59. The molecule has 3 aromatic rings. The predicted molar refractivity (Wildman–Crippen MR) is 141 cm³/mol. The number of nitrogens with zero attached hydrogens (tertiary/aromatic N) is 1. The number of benzene rings is 3. The molecule has 0 aromatic heterocycles. The third kappa shape index (κ3) is 6.50. The van der Waals surface area contributed by atoms with Crippen molar-refractivity contribution in [2.45, 2.75) is 13.5 Å². The van der Waals surface area contributed by atoms with Crippen molar-refractivity contribution in [2.24, 2.45) is 4.99 Å². The molecule has 0 radical (unpaired) electrons. The Morgan fingerprint density at radius 1 is 1.00 bits per heavy atom. The van der Waals surface area contributed by atoms with Crippen LogP contribution in [-0.2, 0) is 11.4 Å². The molecule has 0 atom stereocenters. The zero-order valence-electron chi connectivity index (χ0n) is 17.7. The molecule has 1 amide bonds. The third-order valence-corrected chi connectivity index (χ3v) is 6.65. The normalized spacial score (nSPS) is 15.7. The van der Waals surface area contributed by atoms with E-state index in [0.29, 0.717) is 23.3 Å². The SMILES string of the molecule is CCOc1ccc(N=C2NC(=O)/C(=C/c3ccc(OCc4ccc(Br)cc4)c(Br)c3)S2)cc1. The minimum atomic E-state index is -0.170. The molecule has 168 valence electrons. The maximum atomic E-state index is 12.4. The number of hydrogen-bond donors (Lipinski definition) is 1. The Morgan fingerprint density at radius 2 is 1.76 bits per heavy atom. The molecule has 1 fully saturated rings. The minimum Gasteiger partial charge on any atom is -0.494 e. The fraction of sp³-hybridized carbons (Fsp3) is 0.120. The molecule has 8 heteroatoms. The van der Waals surface area contributed by atoms with Crippen LogP contribution < -0.4 is 14.8 Å². The van der Waals surface area contributed by atoms with E-state index in [2.05, 4.69) is 42.2 Å². The molecule has 0 unspecified atom stereocenters. The van der Waals surface area contributed by atoms with Gasteiger partial charge in [-0.2, -0.15) is 0 Å². The Kier molecular flexibility index (Phi) is 7.90. The van der Waals surface area contributed by atoms with Crippen LogP contribution in [0.15, 0.2) is 85.6 Å². The molecule has 4 rings (SSSR count). The zero-order chi connectivity index (χ0) is 23.2. The smallest absolute Gasteiger partial charge is 0.264 e. The molecule has 1 N–H and O–H groups in total. The average Bonchev–Trinajstić information content (AvgIpc) is 3.14. The van der Waals surface area contributed by atoms with Crippen LogP contribution in [0.1, 0.15) is 18.1 Å². The fourth-order valence-electron chi connectivity index (χ4n) is 3.00. The van der Waals surface area contributed by atoms with Crippen molar-refractivity contribution in [3.8, 4) is 11.5 Å². The topological polar surface area (TPSA) is 59.9 Å². The molecule has 1 heterocycles. The van der Waals surface area contributed by atoms with Gasteiger partial charge < -0.3 is 14.8 Å². The van der Waals surface area contributed by atoms with Crippen molar-refractivity contribution >= 4 is 66.5 Å². The molecule has 1 aliphatic heterocycles. The van der Waals surface area contributed by atoms with E-state index in [4.69, 9.17) is 9.47 Å². The van der Waals surface area contributed by atoms with Crippen molar-refractivity contribution in [1.29, 1.82) is 0 Å². The molecule has 0 aliphatic carbocycles. The maximum Gasteiger partial charge on any atom is 0.264 e. The summed E-state index contributed by atoms with van der Waals surface area (Å²) in [7, 11) is 0. The van der Waals surface area contributed by atoms with Gasteiger partial charge in [-0.3, -0.25) is 4.79 Å². The summed E-state index contributed by atoms with van der Waals surface area (Å²) in [5.41, 5.74) is 2.71. The van der Waals surface area contributed by atoms with E-state index in [1.54, 1.807) is 0 Å². The highest BCUT2D eigenvalue weighted by Crippen LogP contribution is 2.32. The Hall–Kier alpha value is -2.55. The van der Waals surface area contributed by atoms with Crippen LogP contribution in [0.5, 0.6) is 11.5 Å². The molecule has 0 saturated carbocycles. The lowest BCUT2D eigenvalue weighted by Crippen LogP contribution is -2.19. The average molecular weight is 588 g/mol. The zero-order valence-corrected chi connectivity index (χ0v) is 21.7. The summed E-state index contributed by atoms with van der Waals surface area (Å²) >= 11 is 8.31. The molecule has 0 spiro atoms. The van der Waals surface area contributed by atoms with Crippen molar-refractivity contribution in [3.63, 3.8) is 0 Å². The van der Waals surface area contributed by atoms with Gasteiger partial charge in [-0.1, -0.05) is 34.1 Å². The summed E-state index contributed by atoms with van der Waals surface area (Å²) in [5, 5.41) is 3.36. The van der Waals surface area contributed by atoms with Gasteiger partial charge in [0.05, 0.1) is 21.7 Å². The lowest BCUT2D eigenvalue weighted by molar-refractivity contribution is -0.115. The van der Waals surface area contributed by atoms with E-state index >= 15 is 0 Å². The number of rotatable bonds is 7. The Bertz CT molecular complexity index is 1210. The van der Waals surface area contributed by atoms with Gasteiger partial charge in [-0.25, -0.2) is 4.99 Å². The van der Waals surface area contributed by atoms with Gasteiger partial charge in [0.15, 0.2) is 5.17 Å². The number of carbonyl (C=O) groups is 1. The quantitative estimate of drug-likeness (QED) is 0.300. The van der Waals surface area contributed by atoms with Crippen molar-refractivity contribution in [2.75, 3.05) is 6.61 Å². The van der Waals surface area contributed by atoms with E-state index in [1.807, 2.05) is 79.7 Å². The summed E-state index contributed by atoms with van der Waals surface area (Å²) in [6.45, 7) is 3.02. The molecule has 3 aromatic carbocycles. The van der Waals surface area contributed by atoms with Crippen LogP contribution in [0.2, 0.25) is 0 Å². The molecule has 0 bridgehead atoms. The number of amides is 1. The van der Waals surface area contributed by atoms with Crippen LogP contribution in [0.25, 0.3) is 6.08 Å². The Labute approximate surface area is 213 Å². The van der Waals surface area contributed by atoms with Gasteiger partial charge in [0.25, 0.3) is 5.91 Å². The number of ether oxygens (including phenoxy) is 2. The second-order valence-corrected chi connectivity index (χ2v) is 9.81. The molecular weight excluding hydrogens is 568 g/mol. The van der Waals surface area contributed by atoms with E-state index in [-0.39, 0.29) is 5.91 Å². The first-order valence-corrected chi connectivity index (χ1v) is 12.6. The minimum absolute atomic E-state index is 0.170. The largest absolute Gasteiger partial charge is 0.494 e. The highest BCUT2D eigenvalue weighted by molar-refractivity contribution is 9.10. The van der Waals surface area contributed by atoms with Crippen LogP contribution in [0.3, 0.4) is 0 Å². The van der Waals surface area contributed by atoms with E-state index in [0.717, 1.165) is 37.3 Å². The lowest BCUT2D eigenvalue weighted by atomic mass is 10.2. The molecule has 1 aliphatic rings. The van der Waals surface area contributed by atoms with E-state index in [1.165, 1.54) is 11.8 Å². The summed E-state index contributed by atoms with van der Waals surface area (Å²) in [4.78, 5) is 17.5. The first kappa shape index (κ1) is 23.6. The second kappa shape index (κ2) is 11.0. The first-order valence-electron chi connectivity index (χ1n) is 10.2. The van der Waals surface area contributed by atoms with Gasteiger partial charge >= 0.3 is 0 Å². The maximum absolute atomic E-state index is 12.4. The number of thioether (sulfide) groups is 1. The van der Waals surface area contributed by atoms with Crippen LogP contribution in [0.4, 0.5) is 5.69 Å². The van der Waals surface area contributed by atoms with Crippen LogP contribution >= 0.6 is 43.6 Å². The number of halogens is 2. The van der Waals surface area contributed by atoms with Crippen LogP contribution in [0, 0.1) is 0 Å². The fourth-order valence-corrected chi connectivity index (χ4v) is 4.62. The Morgan fingerprint density at radius 3 is 2.45 bits per heavy atom. The molecular formula is C25H20Br2N2O3S. The predicted octanol–water partition coefficient (Wildman–Crippen LogP) is 7.08. The van der Waals surface area contributed by atoms with E-state index < -0.39 is 0 Å². The Balaban J connectivity index is 1.42. The van der Waals surface area contributed by atoms with Crippen molar-refractivity contribution in [3.05, 3.63) is 91.7 Å². The van der Waals surface area contributed by atoms with Crippen molar-refractivity contribution < 1.29 is 14.3 Å². The van der Waals surface area contributed by atoms with Gasteiger partial charge in [-0.05, 0) is 100 Å². The highest BCUT2D eigenvalue weighted by Gasteiger charge is 2.24. The summed E-state index contributed by atoms with van der Waals surface area (Å²) < 4.78 is 13.2. The monoisotopic (exact) mass is 586 g/mol. The number of nitrogens with one attached hydrogen (secondary N) is 1. The summed E-state index contributed by atoms with van der Waals surface area (Å²) in [6.07, 6.45) is 1.84. The van der Waals surface area contributed by atoms with Gasteiger partial charge in [0.1, 0.15) is 18.1 Å². The van der Waals surface area contributed by atoms with Gasteiger partial charge in [-0.15, -0.1) is 0 Å². The standard InChI is InChI=1S/C25H20Br2N2O3S/c1-2-31-20-10-8-19(9-11-20)28-25-29-24(30)23(33-25)14-17-5-12-22(21(27)13-17)32-15-16-3-6-18(26)7-4-16/h3-14H,2,15H2,1H3,(H,28,29,30)/b23-14-. The van der Waals surface area contributed by atoms with Gasteiger partial charge in [0, 0.05) is 4.47 Å². The van der Waals surface area contributed by atoms with Crippen LogP contribution in [-0.4, -0.2) is 17.7 Å². The highest BCUT2D eigenvalue weighted by atomic mass is 79.9. The number of amidine groups is 1. The summed E-state index contributed by atoms with van der Waals surface area (Å²) in [6, 6.07) is 21.2. The van der Waals surface area contributed by atoms with Gasteiger partial charge in [0.2, 0.25) is 0 Å². The molecule has 33 heavy (non-hydrogen) atoms. The van der Waals surface area contributed by atoms with E-state index in [9.17, 15) is 4.79 Å². The number of aliphatic imine (C=N–C) groups is 1. The summed E-state index contributed by atoms with van der Waals surface area (Å²) in [5.74, 6) is 1.36. The second-order valence-electron chi connectivity index (χ2n) is 7.01.